The average Bonchev–Trinajstić information content (AvgIpc) is 3.41. The van der Waals surface area contributed by atoms with Crippen LogP contribution in [0.1, 0.15) is 48.8 Å². The lowest BCUT2D eigenvalue weighted by Gasteiger charge is -2.18. The molecule has 1 amide bonds. The van der Waals surface area contributed by atoms with Crippen LogP contribution in [0.2, 0.25) is 5.15 Å². The number of aromatic nitrogens is 2. The van der Waals surface area contributed by atoms with Crippen LogP contribution in [-0.2, 0) is 0 Å². The molecule has 1 aromatic carbocycles. The molecule has 0 unspecified atom stereocenters. The topological polar surface area (TPSA) is 58.1 Å². The quantitative estimate of drug-likeness (QED) is 0.796. The van der Waals surface area contributed by atoms with Crippen molar-refractivity contribution < 1.29 is 4.79 Å². The summed E-state index contributed by atoms with van der Waals surface area (Å²) in [6.07, 6.45) is 2.25. The highest BCUT2D eigenvalue weighted by Gasteiger charge is 2.27. The van der Waals surface area contributed by atoms with Gasteiger partial charge in [-0.05, 0) is 51.0 Å². The lowest BCUT2D eigenvalue weighted by Crippen LogP contribution is -2.30. The van der Waals surface area contributed by atoms with Crippen LogP contribution in [0.25, 0.3) is 0 Å². The molecule has 1 aliphatic rings. The van der Waals surface area contributed by atoms with Crippen LogP contribution in [0, 0.1) is 0 Å². The van der Waals surface area contributed by atoms with Gasteiger partial charge in [0.25, 0.3) is 5.91 Å². The Balaban J connectivity index is 1.73. The number of hydrogen-bond acceptors (Lipinski definition) is 4. The summed E-state index contributed by atoms with van der Waals surface area (Å²) in [5, 5.41) is 3.68. The average molecular weight is 345 g/mol. The molecule has 5 nitrogen and oxygen atoms in total. The molecule has 1 aromatic heterocycles. The maximum absolute atomic E-state index is 12.3. The molecule has 0 aliphatic heterocycles. The van der Waals surface area contributed by atoms with Crippen LogP contribution in [0.4, 0.5) is 11.5 Å². The first-order valence-electron chi connectivity index (χ1n) is 8.31. The number of amides is 1. The van der Waals surface area contributed by atoms with Crippen molar-refractivity contribution in [2.45, 2.75) is 32.6 Å². The molecule has 0 bridgehead atoms. The van der Waals surface area contributed by atoms with E-state index in [0.717, 1.165) is 24.4 Å². The Bertz CT molecular complexity index is 724. The maximum Gasteiger partial charge on any atom is 0.253 e. The molecular weight excluding hydrogens is 324 g/mol. The zero-order valence-corrected chi connectivity index (χ0v) is 14.7. The number of carbonyl (C=O) groups is 1. The van der Waals surface area contributed by atoms with Gasteiger partial charge in [0.15, 0.2) is 0 Å². The van der Waals surface area contributed by atoms with Crippen molar-refractivity contribution in [2.75, 3.05) is 18.4 Å². The number of nitrogens with one attached hydrogen (secondary N) is 1. The molecule has 0 radical (unpaired) electrons. The number of benzene rings is 1. The first kappa shape index (κ1) is 16.7. The molecule has 1 saturated carbocycles. The van der Waals surface area contributed by atoms with Crippen molar-refractivity contribution in [1.29, 1.82) is 0 Å². The van der Waals surface area contributed by atoms with Crippen molar-refractivity contribution in [1.82, 2.24) is 14.9 Å². The fourth-order valence-electron chi connectivity index (χ4n) is 2.56. The van der Waals surface area contributed by atoms with Crippen molar-refractivity contribution >= 4 is 29.0 Å². The first-order chi connectivity index (χ1) is 11.6. The predicted octanol–water partition coefficient (Wildman–Crippen LogP) is 4.23. The van der Waals surface area contributed by atoms with Crippen LogP contribution >= 0.6 is 11.6 Å². The fourth-order valence-corrected chi connectivity index (χ4v) is 2.75. The molecule has 6 heteroatoms. The molecule has 1 heterocycles. The van der Waals surface area contributed by atoms with Gasteiger partial charge in [0.05, 0.1) is 0 Å². The normalized spacial score (nSPS) is 13.6. The standard InChI is InChI=1S/C18H21ClN4O/c1-3-23(4-2)18(24)13-7-9-14(10-8-13)20-16-11-15(19)21-17(22-16)12-5-6-12/h7-12H,3-6H2,1-2H3,(H,20,21,22). The van der Waals surface area contributed by atoms with E-state index in [1.165, 1.54) is 0 Å². The van der Waals surface area contributed by atoms with Crippen LogP contribution in [0.3, 0.4) is 0 Å². The summed E-state index contributed by atoms with van der Waals surface area (Å²) in [7, 11) is 0. The SMILES string of the molecule is CCN(CC)C(=O)c1ccc(Nc2cc(Cl)nc(C3CC3)n2)cc1. The van der Waals surface area contributed by atoms with Gasteiger partial charge >= 0.3 is 0 Å². The summed E-state index contributed by atoms with van der Waals surface area (Å²) in [4.78, 5) is 22.9. The van der Waals surface area contributed by atoms with Crippen LogP contribution in [0.15, 0.2) is 30.3 Å². The molecule has 0 spiro atoms. The van der Waals surface area contributed by atoms with Gasteiger partial charge < -0.3 is 10.2 Å². The largest absolute Gasteiger partial charge is 0.340 e. The minimum absolute atomic E-state index is 0.0488. The molecule has 3 rings (SSSR count). The lowest BCUT2D eigenvalue weighted by molar-refractivity contribution is 0.0773. The number of halogens is 1. The van der Waals surface area contributed by atoms with Crippen molar-refractivity contribution in [3.05, 3.63) is 46.9 Å². The summed E-state index contributed by atoms with van der Waals surface area (Å²) < 4.78 is 0. The molecule has 2 aromatic rings. The monoisotopic (exact) mass is 344 g/mol. The van der Waals surface area contributed by atoms with Crippen molar-refractivity contribution in [3.63, 3.8) is 0 Å². The molecule has 0 saturated heterocycles. The third-order valence-electron chi connectivity index (χ3n) is 4.11. The van der Waals surface area contributed by atoms with Gasteiger partial charge in [0.2, 0.25) is 0 Å². The van der Waals surface area contributed by atoms with Crippen molar-refractivity contribution in [3.8, 4) is 0 Å². The zero-order chi connectivity index (χ0) is 17.1. The highest BCUT2D eigenvalue weighted by Crippen LogP contribution is 2.39. The van der Waals surface area contributed by atoms with Gasteiger partial charge in [0, 0.05) is 36.3 Å². The van der Waals surface area contributed by atoms with E-state index in [2.05, 4.69) is 15.3 Å². The Morgan fingerprint density at radius 2 is 1.88 bits per heavy atom. The number of nitrogens with zero attached hydrogens (tertiary/aromatic N) is 3. The van der Waals surface area contributed by atoms with Crippen LogP contribution in [0.5, 0.6) is 0 Å². The first-order valence-corrected chi connectivity index (χ1v) is 8.69. The second-order valence-corrected chi connectivity index (χ2v) is 6.28. The van der Waals surface area contributed by atoms with E-state index in [-0.39, 0.29) is 5.91 Å². The van der Waals surface area contributed by atoms with Gasteiger partial charge in [-0.1, -0.05) is 11.6 Å². The highest BCUT2D eigenvalue weighted by atomic mass is 35.5. The highest BCUT2D eigenvalue weighted by molar-refractivity contribution is 6.29. The van der Waals surface area contributed by atoms with Gasteiger partial charge in [-0.25, -0.2) is 9.97 Å². The van der Waals surface area contributed by atoms with E-state index in [1.807, 2.05) is 38.1 Å². The van der Waals surface area contributed by atoms with Gasteiger partial charge in [-0.2, -0.15) is 0 Å². The Morgan fingerprint density at radius 3 is 2.46 bits per heavy atom. The lowest BCUT2D eigenvalue weighted by atomic mass is 10.2. The molecule has 24 heavy (non-hydrogen) atoms. The summed E-state index contributed by atoms with van der Waals surface area (Å²) >= 11 is 6.08. The van der Waals surface area contributed by atoms with Crippen LogP contribution < -0.4 is 5.32 Å². The number of carbonyl (C=O) groups excluding carboxylic acids is 1. The molecule has 1 fully saturated rings. The van der Waals surface area contributed by atoms with Crippen LogP contribution in [-0.4, -0.2) is 33.9 Å². The van der Waals surface area contributed by atoms with Gasteiger partial charge in [-0.3, -0.25) is 4.79 Å². The summed E-state index contributed by atoms with van der Waals surface area (Å²) in [6, 6.07) is 9.12. The minimum Gasteiger partial charge on any atom is -0.340 e. The maximum atomic E-state index is 12.3. The molecule has 1 aliphatic carbocycles. The Morgan fingerprint density at radius 1 is 1.21 bits per heavy atom. The van der Waals surface area contributed by atoms with E-state index >= 15 is 0 Å². The van der Waals surface area contributed by atoms with E-state index in [4.69, 9.17) is 11.6 Å². The van der Waals surface area contributed by atoms with Gasteiger partial charge in [0.1, 0.15) is 16.8 Å². The second-order valence-electron chi connectivity index (χ2n) is 5.89. The Labute approximate surface area is 147 Å². The molecule has 126 valence electrons. The summed E-state index contributed by atoms with van der Waals surface area (Å²) in [6.45, 7) is 5.37. The number of rotatable bonds is 6. The predicted molar refractivity (Wildman–Crippen MR) is 96.0 cm³/mol. The van der Waals surface area contributed by atoms with Crippen molar-refractivity contribution in [2.24, 2.45) is 0 Å². The fraction of sp³-hybridized carbons (Fsp3) is 0.389. The van der Waals surface area contributed by atoms with E-state index in [1.54, 1.807) is 11.0 Å². The van der Waals surface area contributed by atoms with Gasteiger partial charge in [-0.15, -0.1) is 0 Å². The summed E-state index contributed by atoms with van der Waals surface area (Å²) in [5.41, 5.74) is 1.55. The molecule has 1 N–H and O–H groups in total. The third kappa shape index (κ3) is 3.85. The molecular formula is C18H21ClN4O. The van der Waals surface area contributed by atoms with E-state index in [9.17, 15) is 4.79 Å². The Hall–Kier alpha value is -2.14. The number of anilines is 2. The summed E-state index contributed by atoms with van der Waals surface area (Å²) in [5.74, 6) is 1.98. The van der Waals surface area contributed by atoms with E-state index in [0.29, 0.717) is 35.5 Å². The zero-order valence-electron chi connectivity index (χ0n) is 13.9. The Kier molecular flexibility index (Phi) is 5.00. The van der Waals surface area contributed by atoms with E-state index < -0.39 is 0 Å². The second kappa shape index (κ2) is 7.18. The smallest absolute Gasteiger partial charge is 0.253 e. The molecule has 0 atom stereocenters. The minimum atomic E-state index is 0.0488. The third-order valence-corrected chi connectivity index (χ3v) is 4.30. The number of hydrogen-bond donors (Lipinski definition) is 1.